The average Bonchev–Trinajstić information content (AvgIpc) is 2.43. The molecule has 2 rings (SSSR count). The van der Waals surface area contributed by atoms with Gasteiger partial charge in [-0.05, 0) is 19.4 Å². The van der Waals surface area contributed by atoms with Gasteiger partial charge in [0.25, 0.3) is 0 Å². The molecule has 0 aliphatic carbocycles. The fourth-order valence-corrected chi connectivity index (χ4v) is 2.28. The second-order valence-corrected chi connectivity index (χ2v) is 5.00. The molecule has 0 saturated heterocycles. The molecule has 0 atom stereocenters. The molecule has 5 heteroatoms. The van der Waals surface area contributed by atoms with Gasteiger partial charge in [0.2, 0.25) is 0 Å². The second-order valence-electron chi connectivity index (χ2n) is 4.64. The third-order valence-corrected chi connectivity index (χ3v) is 3.43. The van der Waals surface area contributed by atoms with Crippen molar-refractivity contribution in [3.63, 3.8) is 0 Å². The van der Waals surface area contributed by atoms with E-state index >= 15 is 0 Å². The van der Waals surface area contributed by atoms with E-state index in [0.717, 1.165) is 16.9 Å². The minimum atomic E-state index is 0.0624. The van der Waals surface area contributed by atoms with E-state index in [2.05, 4.69) is 22.1 Å². The van der Waals surface area contributed by atoms with Gasteiger partial charge >= 0.3 is 0 Å². The molecule has 0 aliphatic heterocycles. The van der Waals surface area contributed by atoms with Crippen LogP contribution in [0.4, 0.5) is 5.82 Å². The van der Waals surface area contributed by atoms with Crippen molar-refractivity contribution >= 4 is 17.4 Å². The third kappa shape index (κ3) is 3.46. The fourth-order valence-electron chi connectivity index (χ4n) is 2.07. The first-order valence-electron chi connectivity index (χ1n) is 6.52. The summed E-state index contributed by atoms with van der Waals surface area (Å²) < 4.78 is 0. The number of aliphatic hydroxyl groups excluding tert-OH is 1. The number of anilines is 1. The molecule has 0 spiro atoms. The zero-order chi connectivity index (χ0) is 14.5. The van der Waals surface area contributed by atoms with Crippen molar-refractivity contribution in [2.24, 2.45) is 0 Å². The summed E-state index contributed by atoms with van der Waals surface area (Å²) in [6.07, 6.45) is 0. The number of nitrogens with zero attached hydrogens (tertiary/aromatic N) is 3. The van der Waals surface area contributed by atoms with Crippen LogP contribution in [0, 0.1) is 13.8 Å². The summed E-state index contributed by atoms with van der Waals surface area (Å²) in [6.45, 7) is 4.95. The maximum atomic E-state index is 9.29. The monoisotopic (exact) mass is 291 g/mol. The zero-order valence-electron chi connectivity index (χ0n) is 11.7. The molecule has 0 saturated carbocycles. The number of aromatic nitrogens is 2. The van der Waals surface area contributed by atoms with Crippen LogP contribution in [0.2, 0.25) is 5.15 Å². The van der Waals surface area contributed by atoms with Crippen LogP contribution >= 0.6 is 11.6 Å². The van der Waals surface area contributed by atoms with E-state index < -0.39 is 0 Å². The van der Waals surface area contributed by atoms with Gasteiger partial charge in [-0.2, -0.15) is 0 Å². The van der Waals surface area contributed by atoms with Crippen LogP contribution < -0.4 is 4.90 Å². The number of rotatable bonds is 5. The van der Waals surface area contributed by atoms with E-state index in [0.29, 0.717) is 24.1 Å². The van der Waals surface area contributed by atoms with Crippen LogP contribution in [-0.4, -0.2) is 28.2 Å². The van der Waals surface area contributed by atoms with Crippen LogP contribution in [0.3, 0.4) is 0 Å². The predicted octanol–water partition coefficient (Wildman–Crippen LogP) is 2.75. The third-order valence-electron chi connectivity index (χ3n) is 3.06. The van der Waals surface area contributed by atoms with Gasteiger partial charge in [-0.1, -0.05) is 41.9 Å². The summed E-state index contributed by atoms with van der Waals surface area (Å²) in [4.78, 5) is 10.6. The Kier molecular flexibility index (Phi) is 4.93. The molecule has 0 unspecified atom stereocenters. The van der Waals surface area contributed by atoms with Gasteiger partial charge in [-0.15, -0.1) is 0 Å². The molecule has 0 fully saturated rings. The molecule has 0 aliphatic rings. The van der Waals surface area contributed by atoms with E-state index in [1.807, 2.05) is 36.9 Å². The number of aliphatic hydroxyl groups is 1. The van der Waals surface area contributed by atoms with Crippen LogP contribution in [0.25, 0.3) is 0 Å². The number of hydrogen-bond donors (Lipinski definition) is 1. The van der Waals surface area contributed by atoms with E-state index in [9.17, 15) is 5.11 Å². The Balaban J connectivity index is 2.33. The highest BCUT2D eigenvalue weighted by molar-refractivity contribution is 6.30. The lowest BCUT2D eigenvalue weighted by molar-refractivity contribution is 0.301. The Labute approximate surface area is 124 Å². The molecule has 1 N–H and O–H groups in total. The molecule has 4 nitrogen and oxygen atoms in total. The van der Waals surface area contributed by atoms with Crippen LogP contribution in [0.1, 0.15) is 17.0 Å². The Bertz CT molecular complexity index is 575. The Morgan fingerprint density at radius 2 is 1.85 bits per heavy atom. The summed E-state index contributed by atoms with van der Waals surface area (Å²) in [7, 11) is 0. The van der Waals surface area contributed by atoms with E-state index in [4.69, 9.17) is 11.6 Å². The standard InChI is InChI=1S/C15H18ClN3O/c1-11-14(16)17-12(2)18-15(11)19(8-9-20)10-13-6-4-3-5-7-13/h3-7,20H,8-10H2,1-2H3. The lowest BCUT2D eigenvalue weighted by atomic mass is 10.2. The van der Waals surface area contributed by atoms with E-state index in [1.165, 1.54) is 0 Å². The van der Waals surface area contributed by atoms with Gasteiger partial charge in [-0.3, -0.25) is 0 Å². The molecule has 0 amide bonds. The van der Waals surface area contributed by atoms with Crippen LogP contribution in [0.15, 0.2) is 30.3 Å². The fraction of sp³-hybridized carbons (Fsp3) is 0.333. The Morgan fingerprint density at radius 1 is 1.15 bits per heavy atom. The van der Waals surface area contributed by atoms with E-state index in [1.54, 1.807) is 0 Å². The molecule has 1 aromatic carbocycles. The maximum Gasteiger partial charge on any atom is 0.137 e. The summed E-state index contributed by atoms with van der Waals surface area (Å²) >= 11 is 6.13. The topological polar surface area (TPSA) is 49.2 Å². The van der Waals surface area contributed by atoms with Gasteiger partial charge in [-0.25, -0.2) is 9.97 Å². The summed E-state index contributed by atoms with van der Waals surface area (Å²) in [5, 5.41) is 9.75. The van der Waals surface area contributed by atoms with Gasteiger partial charge in [0, 0.05) is 18.7 Å². The first-order chi connectivity index (χ1) is 9.61. The molecule has 20 heavy (non-hydrogen) atoms. The van der Waals surface area contributed by atoms with Gasteiger partial charge in [0.15, 0.2) is 0 Å². The molecular formula is C15H18ClN3O. The van der Waals surface area contributed by atoms with Crippen molar-refractivity contribution in [2.45, 2.75) is 20.4 Å². The highest BCUT2D eigenvalue weighted by atomic mass is 35.5. The number of aryl methyl sites for hydroxylation is 1. The number of hydrogen-bond acceptors (Lipinski definition) is 4. The van der Waals surface area contributed by atoms with E-state index in [-0.39, 0.29) is 6.61 Å². The molecule has 0 radical (unpaired) electrons. The highest BCUT2D eigenvalue weighted by Crippen LogP contribution is 2.24. The Morgan fingerprint density at radius 3 is 2.50 bits per heavy atom. The summed E-state index contributed by atoms with van der Waals surface area (Å²) in [5.41, 5.74) is 1.99. The SMILES string of the molecule is Cc1nc(Cl)c(C)c(N(CCO)Cc2ccccc2)n1. The first-order valence-corrected chi connectivity index (χ1v) is 6.90. The minimum absolute atomic E-state index is 0.0624. The molecule has 1 heterocycles. The molecule has 1 aromatic heterocycles. The predicted molar refractivity (Wildman–Crippen MR) is 81.1 cm³/mol. The number of benzene rings is 1. The van der Waals surface area contributed by atoms with Crippen molar-refractivity contribution < 1.29 is 5.11 Å². The highest BCUT2D eigenvalue weighted by Gasteiger charge is 2.15. The first kappa shape index (κ1) is 14.8. The lowest BCUT2D eigenvalue weighted by Crippen LogP contribution is -2.28. The van der Waals surface area contributed by atoms with Gasteiger partial charge in [0.05, 0.1) is 6.61 Å². The normalized spacial score (nSPS) is 10.6. The largest absolute Gasteiger partial charge is 0.395 e. The summed E-state index contributed by atoms with van der Waals surface area (Å²) in [6, 6.07) is 10.1. The summed E-state index contributed by atoms with van der Waals surface area (Å²) in [5.74, 6) is 1.41. The van der Waals surface area contributed by atoms with Gasteiger partial charge < -0.3 is 10.0 Å². The molecule has 2 aromatic rings. The van der Waals surface area contributed by atoms with Crippen molar-refractivity contribution in [2.75, 3.05) is 18.1 Å². The van der Waals surface area contributed by atoms with Crippen LogP contribution in [0.5, 0.6) is 0 Å². The molecule has 106 valence electrons. The lowest BCUT2D eigenvalue weighted by Gasteiger charge is -2.25. The molecule has 0 bridgehead atoms. The average molecular weight is 292 g/mol. The Hall–Kier alpha value is -1.65. The van der Waals surface area contributed by atoms with Crippen LogP contribution in [-0.2, 0) is 6.54 Å². The maximum absolute atomic E-state index is 9.29. The minimum Gasteiger partial charge on any atom is -0.395 e. The zero-order valence-corrected chi connectivity index (χ0v) is 12.4. The second kappa shape index (κ2) is 6.68. The number of halogens is 1. The van der Waals surface area contributed by atoms with Crippen molar-refractivity contribution in [3.05, 3.63) is 52.4 Å². The van der Waals surface area contributed by atoms with Crippen molar-refractivity contribution in [3.8, 4) is 0 Å². The quantitative estimate of drug-likeness (QED) is 0.861. The van der Waals surface area contributed by atoms with Crippen molar-refractivity contribution in [1.29, 1.82) is 0 Å². The van der Waals surface area contributed by atoms with Crippen molar-refractivity contribution in [1.82, 2.24) is 9.97 Å². The molecular weight excluding hydrogens is 274 g/mol. The smallest absolute Gasteiger partial charge is 0.137 e. The van der Waals surface area contributed by atoms with Gasteiger partial charge in [0.1, 0.15) is 16.8 Å².